The van der Waals surface area contributed by atoms with Gasteiger partial charge in [-0.2, -0.15) is 0 Å². The van der Waals surface area contributed by atoms with Crippen LogP contribution in [-0.4, -0.2) is 49.3 Å². The molecule has 0 rings (SSSR count). The second kappa shape index (κ2) is 5.09. The molecule has 4 nitrogen and oxygen atoms in total. The smallest absolute Gasteiger partial charge is 0.332 e. The number of carbonyl (C=O) groups is 1. The summed E-state index contributed by atoms with van der Waals surface area (Å²) in [4.78, 5) is 12.2. The summed E-state index contributed by atoms with van der Waals surface area (Å²) in [5.41, 5.74) is 0. The van der Waals surface area contributed by atoms with Crippen LogP contribution < -0.4 is 0 Å². The Bertz CT molecular complexity index is 125. The van der Waals surface area contributed by atoms with E-state index in [1.165, 1.54) is 6.92 Å². The van der Waals surface area contributed by atoms with E-state index in [9.17, 15) is 4.79 Å². The average molecular weight is 161 g/mol. The van der Waals surface area contributed by atoms with Gasteiger partial charge in [-0.3, -0.25) is 0 Å². The quantitative estimate of drug-likeness (QED) is 0.618. The normalized spacial score (nSPS) is 13.5. The van der Waals surface area contributed by atoms with Gasteiger partial charge in [-0.05, 0) is 21.0 Å². The van der Waals surface area contributed by atoms with Crippen molar-refractivity contribution in [1.29, 1.82) is 0 Å². The topological polar surface area (TPSA) is 49.8 Å². The van der Waals surface area contributed by atoms with Gasteiger partial charge in [-0.1, -0.05) is 0 Å². The van der Waals surface area contributed by atoms with Crippen molar-refractivity contribution in [2.75, 3.05) is 27.2 Å². The molecule has 0 spiro atoms. The molecule has 0 fully saturated rings. The van der Waals surface area contributed by atoms with Gasteiger partial charge in [0.05, 0.1) is 6.61 Å². The molecule has 0 aliphatic rings. The van der Waals surface area contributed by atoms with Crippen molar-refractivity contribution in [1.82, 2.24) is 4.90 Å². The number of hydrogen-bond acceptors (Lipinski definition) is 3. The lowest BCUT2D eigenvalue weighted by Gasteiger charge is -2.11. The van der Waals surface area contributed by atoms with Gasteiger partial charge in [-0.25, -0.2) is 4.79 Å². The average Bonchev–Trinajstić information content (AvgIpc) is 1.86. The fraction of sp³-hybridized carbons (Fsp3) is 0.857. The van der Waals surface area contributed by atoms with Crippen LogP contribution in [0.15, 0.2) is 0 Å². The van der Waals surface area contributed by atoms with Gasteiger partial charge in [0.15, 0.2) is 6.10 Å². The Morgan fingerprint density at radius 1 is 1.64 bits per heavy atom. The molecule has 0 aromatic heterocycles. The van der Waals surface area contributed by atoms with E-state index in [1.807, 2.05) is 19.0 Å². The van der Waals surface area contributed by atoms with E-state index in [2.05, 4.69) is 0 Å². The number of nitrogens with zero attached hydrogens (tertiary/aromatic N) is 1. The second-order valence-corrected chi connectivity index (χ2v) is 2.65. The highest BCUT2D eigenvalue weighted by Gasteiger charge is 2.09. The third-order valence-electron chi connectivity index (χ3n) is 1.25. The third kappa shape index (κ3) is 5.82. The maximum absolute atomic E-state index is 10.2. The number of rotatable bonds is 5. The highest BCUT2D eigenvalue weighted by molar-refractivity contribution is 5.71. The molecule has 1 atom stereocenters. The van der Waals surface area contributed by atoms with E-state index in [1.54, 1.807) is 0 Å². The van der Waals surface area contributed by atoms with Gasteiger partial charge in [0, 0.05) is 6.54 Å². The van der Waals surface area contributed by atoms with Gasteiger partial charge in [-0.15, -0.1) is 0 Å². The van der Waals surface area contributed by atoms with Crippen molar-refractivity contribution in [2.24, 2.45) is 0 Å². The van der Waals surface area contributed by atoms with Crippen LogP contribution in [-0.2, 0) is 9.53 Å². The molecule has 0 saturated heterocycles. The highest BCUT2D eigenvalue weighted by Crippen LogP contribution is 1.89. The lowest BCUT2D eigenvalue weighted by molar-refractivity contribution is -0.149. The summed E-state index contributed by atoms with van der Waals surface area (Å²) in [6, 6.07) is 0. The molecule has 0 aromatic rings. The summed E-state index contributed by atoms with van der Waals surface area (Å²) in [6.07, 6.45) is -0.699. The number of carboxylic acids is 1. The van der Waals surface area contributed by atoms with Crippen LogP contribution in [0.3, 0.4) is 0 Å². The summed E-state index contributed by atoms with van der Waals surface area (Å²) < 4.78 is 4.97. The van der Waals surface area contributed by atoms with Crippen LogP contribution in [0, 0.1) is 0 Å². The Morgan fingerprint density at radius 2 is 2.18 bits per heavy atom. The molecule has 0 aliphatic carbocycles. The SMILES string of the molecule is C[C@H](OCCN(C)C)C(=O)O. The number of hydrogen-bond donors (Lipinski definition) is 1. The first-order valence-electron chi connectivity index (χ1n) is 3.53. The first-order valence-corrected chi connectivity index (χ1v) is 3.53. The van der Waals surface area contributed by atoms with Gasteiger partial charge in [0.2, 0.25) is 0 Å². The molecule has 0 aromatic carbocycles. The van der Waals surface area contributed by atoms with E-state index >= 15 is 0 Å². The van der Waals surface area contributed by atoms with Crippen LogP contribution in [0.1, 0.15) is 6.92 Å². The Kier molecular flexibility index (Phi) is 4.81. The van der Waals surface area contributed by atoms with Gasteiger partial charge >= 0.3 is 5.97 Å². The minimum absolute atomic E-state index is 0.459. The second-order valence-electron chi connectivity index (χ2n) is 2.65. The minimum Gasteiger partial charge on any atom is -0.479 e. The predicted octanol–water partition coefficient (Wildman–Crippen LogP) is 0.0377. The van der Waals surface area contributed by atoms with E-state index in [4.69, 9.17) is 9.84 Å². The van der Waals surface area contributed by atoms with Crippen LogP contribution in [0.4, 0.5) is 0 Å². The number of aliphatic carboxylic acids is 1. The van der Waals surface area contributed by atoms with E-state index in [0.717, 1.165) is 6.54 Å². The highest BCUT2D eigenvalue weighted by atomic mass is 16.5. The summed E-state index contributed by atoms with van der Waals surface area (Å²) in [6.45, 7) is 2.73. The van der Waals surface area contributed by atoms with Crippen molar-refractivity contribution in [3.8, 4) is 0 Å². The third-order valence-corrected chi connectivity index (χ3v) is 1.25. The fourth-order valence-electron chi connectivity index (χ4n) is 0.483. The predicted molar refractivity (Wildman–Crippen MR) is 41.6 cm³/mol. The number of carboxylic acid groups (broad SMARTS) is 1. The van der Waals surface area contributed by atoms with Crippen molar-refractivity contribution in [3.63, 3.8) is 0 Å². The summed E-state index contributed by atoms with van der Waals surface area (Å²) in [7, 11) is 3.82. The maximum atomic E-state index is 10.2. The molecular formula is C7H15NO3. The van der Waals surface area contributed by atoms with Crippen LogP contribution in [0.25, 0.3) is 0 Å². The van der Waals surface area contributed by atoms with Crippen molar-refractivity contribution in [3.05, 3.63) is 0 Å². The Morgan fingerprint density at radius 3 is 2.55 bits per heavy atom. The first kappa shape index (κ1) is 10.4. The zero-order valence-corrected chi connectivity index (χ0v) is 7.20. The number of ether oxygens (including phenoxy) is 1. The lowest BCUT2D eigenvalue weighted by atomic mass is 10.4. The van der Waals surface area contributed by atoms with Crippen LogP contribution in [0.2, 0.25) is 0 Å². The van der Waals surface area contributed by atoms with Gasteiger partial charge < -0.3 is 14.7 Å². The first-order chi connectivity index (χ1) is 5.04. The monoisotopic (exact) mass is 161 g/mol. The van der Waals surface area contributed by atoms with E-state index in [-0.39, 0.29) is 0 Å². The minimum atomic E-state index is -0.913. The van der Waals surface area contributed by atoms with Crippen LogP contribution >= 0.6 is 0 Å². The molecule has 4 heteroatoms. The largest absolute Gasteiger partial charge is 0.479 e. The molecule has 0 bridgehead atoms. The van der Waals surface area contributed by atoms with Gasteiger partial charge in [0.1, 0.15) is 0 Å². The molecule has 11 heavy (non-hydrogen) atoms. The Labute approximate surface area is 66.8 Å². The number of likely N-dealkylation sites (N-methyl/N-ethyl adjacent to an activating group) is 1. The summed E-state index contributed by atoms with van der Waals surface area (Å²) in [5.74, 6) is -0.913. The van der Waals surface area contributed by atoms with Crippen LogP contribution in [0.5, 0.6) is 0 Å². The van der Waals surface area contributed by atoms with Crippen molar-refractivity contribution in [2.45, 2.75) is 13.0 Å². The molecule has 0 radical (unpaired) electrons. The summed E-state index contributed by atoms with van der Waals surface area (Å²) in [5, 5.41) is 8.41. The summed E-state index contributed by atoms with van der Waals surface area (Å²) >= 11 is 0. The Balaban J connectivity index is 3.31. The van der Waals surface area contributed by atoms with Gasteiger partial charge in [0.25, 0.3) is 0 Å². The molecule has 1 N–H and O–H groups in total. The zero-order valence-electron chi connectivity index (χ0n) is 7.20. The standard InChI is InChI=1S/C7H15NO3/c1-6(7(9)10)11-5-4-8(2)3/h6H,4-5H2,1-3H3,(H,9,10)/t6-/m0/s1. The van der Waals surface area contributed by atoms with Crippen molar-refractivity contribution < 1.29 is 14.6 Å². The molecule has 0 unspecified atom stereocenters. The van der Waals surface area contributed by atoms with Crippen molar-refractivity contribution >= 4 is 5.97 Å². The maximum Gasteiger partial charge on any atom is 0.332 e. The Hall–Kier alpha value is -0.610. The zero-order chi connectivity index (χ0) is 8.85. The molecule has 66 valence electrons. The fourth-order valence-corrected chi connectivity index (χ4v) is 0.483. The lowest BCUT2D eigenvalue weighted by Crippen LogP contribution is -2.25. The molecule has 0 aliphatic heterocycles. The molecule has 0 saturated carbocycles. The molecule has 0 heterocycles. The molecule has 0 amide bonds. The molecular weight excluding hydrogens is 146 g/mol. The van der Waals surface area contributed by atoms with E-state index < -0.39 is 12.1 Å². The van der Waals surface area contributed by atoms with E-state index in [0.29, 0.717) is 6.61 Å².